The van der Waals surface area contributed by atoms with Crippen LogP contribution in [-0.4, -0.2) is 3.21 Å². The van der Waals surface area contributed by atoms with Gasteiger partial charge in [0.25, 0.3) is 0 Å². The van der Waals surface area contributed by atoms with E-state index in [1.165, 1.54) is 59.2 Å². The van der Waals surface area contributed by atoms with Crippen molar-refractivity contribution < 1.29 is 46.1 Å². The smallest absolute Gasteiger partial charge is 1.00 e. The van der Waals surface area contributed by atoms with Crippen molar-refractivity contribution in [2.24, 2.45) is 5.92 Å². The second-order valence-corrected chi connectivity index (χ2v) is 16.5. The molecule has 1 aromatic heterocycles. The summed E-state index contributed by atoms with van der Waals surface area (Å²) in [6.45, 7) is 2.45. The van der Waals surface area contributed by atoms with E-state index in [1.54, 1.807) is 8.83 Å². The molecule has 0 saturated heterocycles. The summed E-state index contributed by atoms with van der Waals surface area (Å²) in [6, 6.07) is 20.8. The molecule has 1 saturated carbocycles. The predicted octanol–water partition coefficient (Wildman–Crippen LogP) is 1.32. The molecular formula is C29H28Cl2SZr. The molecule has 3 aliphatic carbocycles. The summed E-state index contributed by atoms with van der Waals surface area (Å²) < 4.78 is 5.55. The fourth-order valence-electron chi connectivity index (χ4n) is 5.77. The molecule has 0 amide bonds. The van der Waals surface area contributed by atoms with Crippen LogP contribution in [0.15, 0.2) is 75.4 Å². The Morgan fingerprint density at radius 2 is 1.64 bits per heavy atom. The first-order chi connectivity index (χ1) is 15.3. The summed E-state index contributed by atoms with van der Waals surface area (Å²) in [4.78, 5) is 1.43. The number of allylic oxidation sites excluding steroid dienone is 4. The molecule has 3 aliphatic rings. The zero-order valence-electron chi connectivity index (χ0n) is 18.9. The van der Waals surface area contributed by atoms with E-state index in [0.717, 1.165) is 6.42 Å². The van der Waals surface area contributed by atoms with Crippen LogP contribution < -0.4 is 28.1 Å². The third-order valence-corrected chi connectivity index (χ3v) is 16.5. The number of benzene rings is 2. The Kier molecular flexibility index (Phi) is 8.12. The van der Waals surface area contributed by atoms with Crippen LogP contribution in [0.4, 0.5) is 0 Å². The number of hydrogen-bond acceptors (Lipinski definition) is 1. The zero-order chi connectivity index (χ0) is 20.8. The van der Waals surface area contributed by atoms with E-state index in [-0.39, 0.29) is 24.8 Å². The van der Waals surface area contributed by atoms with Crippen molar-refractivity contribution in [3.05, 3.63) is 91.4 Å². The van der Waals surface area contributed by atoms with Crippen molar-refractivity contribution in [3.8, 4) is 11.1 Å². The minimum Gasteiger partial charge on any atom is -1.00 e. The Bertz CT molecular complexity index is 1240. The average molecular weight is 571 g/mol. The second kappa shape index (κ2) is 10.7. The third-order valence-electron chi connectivity index (χ3n) is 7.26. The summed E-state index contributed by atoms with van der Waals surface area (Å²) in [6.07, 6.45) is 13.3. The van der Waals surface area contributed by atoms with Gasteiger partial charge in [-0.3, -0.25) is 0 Å². The number of fused-ring (bicyclic) bond motifs is 3. The molecule has 2 aromatic carbocycles. The van der Waals surface area contributed by atoms with Gasteiger partial charge < -0.3 is 24.8 Å². The molecule has 0 bridgehead atoms. The van der Waals surface area contributed by atoms with Gasteiger partial charge in [0.05, 0.1) is 0 Å². The van der Waals surface area contributed by atoms with Gasteiger partial charge in [-0.2, -0.15) is 0 Å². The molecule has 168 valence electrons. The van der Waals surface area contributed by atoms with E-state index in [1.807, 2.05) is 17.8 Å². The first-order valence-electron chi connectivity index (χ1n) is 11.7. The first-order valence-corrected chi connectivity index (χ1v) is 16.3. The van der Waals surface area contributed by atoms with Crippen molar-refractivity contribution in [1.82, 2.24) is 0 Å². The van der Waals surface area contributed by atoms with Gasteiger partial charge in [-0.1, -0.05) is 0 Å². The Balaban J connectivity index is 0.00000130. The van der Waals surface area contributed by atoms with Gasteiger partial charge in [-0.05, 0) is 0 Å². The van der Waals surface area contributed by atoms with Gasteiger partial charge in [-0.15, -0.1) is 0 Å². The van der Waals surface area contributed by atoms with Crippen molar-refractivity contribution in [3.63, 3.8) is 0 Å². The molecule has 1 atom stereocenters. The largest absolute Gasteiger partial charge is 1.00 e. The fraction of sp³-hybridized carbons (Fsp3) is 0.276. The zero-order valence-corrected chi connectivity index (χ0v) is 23.7. The van der Waals surface area contributed by atoms with Gasteiger partial charge >= 0.3 is 199 Å². The fourth-order valence-corrected chi connectivity index (χ4v) is 15.3. The number of rotatable bonds is 3. The molecule has 0 spiro atoms. The molecule has 1 heterocycles. The Morgan fingerprint density at radius 1 is 0.848 bits per heavy atom. The first kappa shape index (κ1) is 25.1. The van der Waals surface area contributed by atoms with Gasteiger partial charge in [0, 0.05) is 0 Å². The molecule has 0 radical (unpaired) electrons. The van der Waals surface area contributed by atoms with E-state index in [4.69, 9.17) is 0 Å². The molecule has 33 heavy (non-hydrogen) atoms. The van der Waals surface area contributed by atoms with Crippen LogP contribution in [0.1, 0.15) is 55.0 Å². The molecule has 0 nitrogen and oxygen atoms in total. The van der Waals surface area contributed by atoms with E-state index in [0.29, 0.717) is 5.92 Å². The SMILES string of the molecule is CC1C=C(c2cccs2)C=[C]1[Zr+2](=[C]1CCCCC1)[c]1cccc2c1Cc1ccccc1-2.[Cl-].[Cl-]. The van der Waals surface area contributed by atoms with E-state index < -0.39 is 21.3 Å². The van der Waals surface area contributed by atoms with E-state index in [2.05, 4.69) is 79.1 Å². The van der Waals surface area contributed by atoms with Crippen LogP contribution in [0.2, 0.25) is 0 Å². The summed E-state index contributed by atoms with van der Waals surface area (Å²) >= 11 is -0.256. The van der Waals surface area contributed by atoms with Crippen molar-refractivity contribution in [2.45, 2.75) is 45.4 Å². The summed E-state index contributed by atoms with van der Waals surface area (Å²) in [5.74, 6) is 0.584. The Morgan fingerprint density at radius 3 is 2.42 bits per heavy atom. The monoisotopic (exact) mass is 568 g/mol. The van der Waals surface area contributed by atoms with Crippen LogP contribution in [0.5, 0.6) is 0 Å². The maximum Gasteiger partial charge on any atom is -1.00 e. The molecule has 0 N–H and O–H groups in total. The molecule has 1 fully saturated rings. The van der Waals surface area contributed by atoms with Crippen molar-refractivity contribution >= 4 is 23.4 Å². The summed E-state index contributed by atoms with van der Waals surface area (Å²) in [5.41, 5.74) is 7.64. The minimum absolute atomic E-state index is 0. The van der Waals surface area contributed by atoms with Crippen LogP contribution in [0.25, 0.3) is 16.7 Å². The Hall–Kier alpha value is -1.05. The topological polar surface area (TPSA) is 0 Å². The van der Waals surface area contributed by atoms with Crippen LogP contribution >= 0.6 is 11.3 Å². The third kappa shape index (κ3) is 4.62. The van der Waals surface area contributed by atoms with Gasteiger partial charge in [0.2, 0.25) is 0 Å². The second-order valence-electron chi connectivity index (χ2n) is 9.19. The van der Waals surface area contributed by atoms with Crippen LogP contribution in [0.3, 0.4) is 0 Å². The maximum atomic E-state index is 2.62. The normalized spacial score (nSPS) is 18.2. The standard InChI is InChI=1S/C13H9.C10H9S.C6H10.2ClH.Zr/c1-3-7-12-10(5-1)9-11-6-2-4-8-13(11)12;1-8-4-5-9(7-8)10-3-2-6-11-10;1-2-4-6-5-3-1;;;/h1-5,7-8H,9H2;2-3,5-8H,1H3;1-5H2;2*1H;/q;;;;;+2/p-2. The molecule has 3 aromatic rings. The summed E-state index contributed by atoms with van der Waals surface area (Å²) in [5, 5.41) is 2.21. The van der Waals surface area contributed by atoms with Crippen molar-refractivity contribution in [1.29, 1.82) is 0 Å². The molecule has 1 unspecified atom stereocenters. The molecular weight excluding hydrogens is 543 g/mol. The summed E-state index contributed by atoms with van der Waals surface area (Å²) in [7, 11) is 0. The van der Waals surface area contributed by atoms with Gasteiger partial charge in [0.1, 0.15) is 0 Å². The number of hydrogen-bond donors (Lipinski definition) is 0. The maximum absolute atomic E-state index is 2.62. The number of thiophene rings is 1. The van der Waals surface area contributed by atoms with Gasteiger partial charge in [-0.25, -0.2) is 0 Å². The molecule has 6 rings (SSSR count). The molecule has 0 aliphatic heterocycles. The van der Waals surface area contributed by atoms with E-state index in [9.17, 15) is 0 Å². The quantitative estimate of drug-likeness (QED) is 0.349. The average Bonchev–Trinajstić information content (AvgIpc) is 3.54. The van der Waals surface area contributed by atoms with E-state index >= 15 is 0 Å². The van der Waals surface area contributed by atoms with Crippen molar-refractivity contribution in [2.75, 3.05) is 0 Å². The van der Waals surface area contributed by atoms with Crippen LogP contribution in [-0.2, 0) is 27.7 Å². The number of halogens is 2. The van der Waals surface area contributed by atoms with Crippen LogP contribution in [0, 0.1) is 5.92 Å². The molecule has 4 heteroatoms. The predicted molar refractivity (Wildman–Crippen MR) is 132 cm³/mol. The minimum atomic E-state index is -2.14. The van der Waals surface area contributed by atoms with Gasteiger partial charge in [0.15, 0.2) is 0 Å². The Labute approximate surface area is 221 Å².